The number of thioether (sulfide) groups is 1. The number of anilines is 2. The van der Waals surface area contributed by atoms with Gasteiger partial charge in [-0.25, -0.2) is 4.57 Å². The number of hydrogen-bond donors (Lipinski definition) is 3. The summed E-state index contributed by atoms with van der Waals surface area (Å²) in [5, 5.41) is 29.3. The summed E-state index contributed by atoms with van der Waals surface area (Å²) in [5.74, 6) is -0.717. The van der Waals surface area contributed by atoms with Crippen molar-refractivity contribution < 1.29 is 14.8 Å². The van der Waals surface area contributed by atoms with Crippen LogP contribution in [0.1, 0.15) is 20.8 Å². The third-order valence-corrected chi connectivity index (χ3v) is 5.10. The Balaban J connectivity index is 2.05. The second kappa shape index (κ2) is 8.66. The summed E-state index contributed by atoms with van der Waals surface area (Å²) in [4.78, 5) is 24.2. The molecule has 0 spiro atoms. The molecule has 0 amide bonds. The predicted octanol–water partition coefficient (Wildman–Crippen LogP) is 1.76. The zero-order valence-electron chi connectivity index (χ0n) is 16.4. The maximum atomic E-state index is 11.6. The molecule has 2 aromatic rings. The van der Waals surface area contributed by atoms with Gasteiger partial charge in [0.1, 0.15) is 11.4 Å². The molecule has 3 rings (SSSR count). The van der Waals surface area contributed by atoms with E-state index in [0.29, 0.717) is 36.6 Å². The van der Waals surface area contributed by atoms with Gasteiger partial charge in [-0.2, -0.15) is 9.97 Å². The van der Waals surface area contributed by atoms with Crippen molar-refractivity contribution in [1.29, 1.82) is 0 Å². The van der Waals surface area contributed by atoms with Gasteiger partial charge in [0.25, 0.3) is 5.69 Å². The number of nitrogens with one attached hydrogen (secondary N) is 2. The van der Waals surface area contributed by atoms with Crippen LogP contribution in [0.25, 0.3) is 0 Å². The van der Waals surface area contributed by atoms with Gasteiger partial charge in [-0.3, -0.25) is 15.1 Å². The number of benzene rings is 1. The molecule has 12 heteroatoms. The summed E-state index contributed by atoms with van der Waals surface area (Å²) in [6, 6.07) is 4.44. The number of nitro groups is 1. The normalized spacial score (nSPS) is 18.4. The highest BCUT2D eigenvalue weighted by Crippen LogP contribution is 2.37. The van der Waals surface area contributed by atoms with Crippen molar-refractivity contribution in [3.8, 4) is 5.75 Å². The molecule has 0 radical (unpaired) electrons. The molecule has 0 aliphatic carbocycles. The van der Waals surface area contributed by atoms with Gasteiger partial charge in [0.15, 0.2) is 5.16 Å². The molecule has 0 fully saturated rings. The van der Waals surface area contributed by atoms with Gasteiger partial charge in [-0.05, 0) is 32.9 Å². The number of aliphatic hydroxyl groups is 1. The van der Waals surface area contributed by atoms with Gasteiger partial charge < -0.3 is 20.5 Å². The number of nitrogens with zero attached hydrogens (tertiary/aromatic N) is 5. The van der Waals surface area contributed by atoms with Gasteiger partial charge in [-0.15, -0.1) is 0 Å². The second-order valence-corrected chi connectivity index (χ2v) is 7.01. The molecule has 0 unspecified atom stereocenters. The first-order chi connectivity index (χ1) is 13.9. The van der Waals surface area contributed by atoms with Crippen LogP contribution < -0.4 is 21.0 Å². The minimum absolute atomic E-state index is 0.153. The molecule has 1 atom stereocenters. The highest BCUT2D eigenvalue weighted by atomic mass is 32.2. The van der Waals surface area contributed by atoms with E-state index in [-0.39, 0.29) is 22.7 Å². The second-order valence-electron chi connectivity index (χ2n) is 6.07. The summed E-state index contributed by atoms with van der Waals surface area (Å²) in [7, 11) is 0. The molecule has 3 N–H and O–H groups in total. The van der Waals surface area contributed by atoms with Crippen LogP contribution in [0.3, 0.4) is 0 Å². The third-order valence-electron chi connectivity index (χ3n) is 4.02. The van der Waals surface area contributed by atoms with Crippen LogP contribution in [0.5, 0.6) is 5.75 Å². The molecular formula is C17H23N7O4S. The Hall–Kier alpha value is -2.86. The minimum Gasteiger partial charge on any atom is -0.494 e. The van der Waals surface area contributed by atoms with E-state index in [1.165, 1.54) is 28.5 Å². The van der Waals surface area contributed by atoms with Crippen molar-refractivity contribution in [2.45, 2.75) is 31.8 Å². The minimum atomic E-state index is -1.68. The molecule has 0 saturated carbocycles. The lowest BCUT2D eigenvalue weighted by atomic mass is 10.2. The molecule has 29 heavy (non-hydrogen) atoms. The largest absolute Gasteiger partial charge is 0.494 e. The van der Waals surface area contributed by atoms with Gasteiger partial charge in [0.05, 0.1) is 23.3 Å². The fourth-order valence-electron chi connectivity index (χ4n) is 2.86. The standard InChI is InChI=1S/C17H23N7O4S/c1-4-18-14-20-15(19-5-2)23-16(21-14)29-10-17(23,25)22-12-8-7-11(28-6-3)9-13(12)24(26)27/h7-9,22,25H,4-6,10H2,1-3H3,(H,18,19,20)/t17-/m0/s1. The molecule has 1 aliphatic rings. The Bertz CT molecular complexity index is 981. The third kappa shape index (κ3) is 4.27. The van der Waals surface area contributed by atoms with E-state index in [9.17, 15) is 15.2 Å². The van der Waals surface area contributed by atoms with Crippen LogP contribution in [-0.2, 0) is 5.85 Å². The summed E-state index contributed by atoms with van der Waals surface area (Å²) in [6.45, 7) is 7.06. The number of fused-ring (bicyclic) bond motifs is 1. The maximum absolute atomic E-state index is 11.6. The maximum Gasteiger partial charge on any atom is 0.296 e. The quantitative estimate of drug-likeness (QED) is 0.330. The van der Waals surface area contributed by atoms with Crippen LogP contribution in [0.15, 0.2) is 28.3 Å². The van der Waals surface area contributed by atoms with Gasteiger partial charge >= 0.3 is 0 Å². The van der Waals surface area contributed by atoms with Crippen LogP contribution in [0.4, 0.5) is 17.3 Å². The van der Waals surface area contributed by atoms with Crippen molar-refractivity contribution in [3.63, 3.8) is 0 Å². The van der Waals surface area contributed by atoms with Crippen molar-refractivity contribution in [2.75, 3.05) is 36.1 Å². The summed E-state index contributed by atoms with van der Waals surface area (Å²) in [5.41, 5.74) is 0.227. The van der Waals surface area contributed by atoms with E-state index in [1.807, 2.05) is 13.8 Å². The van der Waals surface area contributed by atoms with E-state index >= 15 is 0 Å². The average molecular weight is 421 g/mol. The Morgan fingerprint density at radius 3 is 2.86 bits per heavy atom. The SMILES string of the molecule is CCN=c1nc(NCC)nc2n1[C@@](O)(Nc1ccc(OCC)cc1[N+](=O)[O-])CS2. The molecule has 1 aromatic carbocycles. The van der Waals surface area contributed by atoms with Crippen molar-refractivity contribution in [1.82, 2.24) is 14.5 Å². The first-order valence-corrected chi connectivity index (χ1v) is 10.2. The van der Waals surface area contributed by atoms with E-state index in [0.717, 1.165) is 0 Å². The van der Waals surface area contributed by atoms with E-state index < -0.39 is 10.8 Å². The zero-order chi connectivity index (χ0) is 21.0. The highest BCUT2D eigenvalue weighted by Gasteiger charge is 2.40. The average Bonchev–Trinajstić information content (AvgIpc) is 3.00. The number of rotatable bonds is 8. The van der Waals surface area contributed by atoms with E-state index in [4.69, 9.17) is 4.74 Å². The summed E-state index contributed by atoms with van der Waals surface area (Å²) < 4.78 is 6.80. The van der Waals surface area contributed by atoms with Crippen molar-refractivity contribution >= 4 is 29.1 Å². The lowest BCUT2D eigenvalue weighted by molar-refractivity contribution is -0.384. The predicted molar refractivity (Wildman–Crippen MR) is 109 cm³/mol. The molecule has 156 valence electrons. The topological polar surface area (TPSA) is 140 Å². The Morgan fingerprint density at radius 1 is 1.41 bits per heavy atom. The van der Waals surface area contributed by atoms with Crippen LogP contribution in [0, 0.1) is 10.1 Å². The van der Waals surface area contributed by atoms with Gasteiger partial charge in [0, 0.05) is 13.1 Å². The lowest BCUT2D eigenvalue weighted by Gasteiger charge is -2.27. The molecule has 11 nitrogen and oxygen atoms in total. The Labute approximate surface area is 171 Å². The summed E-state index contributed by atoms with van der Waals surface area (Å²) in [6.07, 6.45) is 0. The molecule has 1 aromatic heterocycles. The first kappa shape index (κ1) is 20.9. The van der Waals surface area contributed by atoms with Gasteiger partial charge in [-0.1, -0.05) is 11.8 Å². The highest BCUT2D eigenvalue weighted by molar-refractivity contribution is 7.99. The van der Waals surface area contributed by atoms with Crippen LogP contribution in [-0.4, -0.2) is 50.0 Å². The molecule has 0 saturated heterocycles. The van der Waals surface area contributed by atoms with Crippen molar-refractivity contribution in [3.05, 3.63) is 33.9 Å². The molecule has 2 heterocycles. The summed E-state index contributed by atoms with van der Waals surface area (Å²) >= 11 is 1.30. The fourth-order valence-corrected chi connectivity index (χ4v) is 3.91. The zero-order valence-corrected chi connectivity index (χ0v) is 17.2. The molecule has 0 bridgehead atoms. The number of ether oxygens (including phenoxy) is 1. The van der Waals surface area contributed by atoms with Gasteiger partial charge in [0.2, 0.25) is 17.4 Å². The number of aromatic nitrogens is 3. The molecular weight excluding hydrogens is 398 g/mol. The number of nitro benzene ring substituents is 1. The Kier molecular flexibility index (Phi) is 6.23. The fraction of sp³-hybridized carbons (Fsp3) is 0.471. The van der Waals surface area contributed by atoms with E-state index in [2.05, 4.69) is 25.6 Å². The smallest absolute Gasteiger partial charge is 0.296 e. The van der Waals surface area contributed by atoms with E-state index in [1.54, 1.807) is 13.0 Å². The Morgan fingerprint density at radius 2 is 2.21 bits per heavy atom. The first-order valence-electron chi connectivity index (χ1n) is 9.22. The lowest BCUT2D eigenvalue weighted by Crippen LogP contribution is -2.48. The van der Waals surface area contributed by atoms with Crippen molar-refractivity contribution in [2.24, 2.45) is 4.99 Å². The monoisotopic (exact) mass is 421 g/mol. The molecule has 1 aliphatic heterocycles. The van der Waals surface area contributed by atoms with Crippen LogP contribution >= 0.6 is 11.8 Å². The van der Waals surface area contributed by atoms with Crippen LogP contribution in [0.2, 0.25) is 0 Å². The number of hydrogen-bond acceptors (Lipinski definition) is 10.